The highest BCUT2D eigenvalue weighted by molar-refractivity contribution is 4.62. The summed E-state index contributed by atoms with van der Waals surface area (Å²) in [6.45, 7) is 10.6. The molecule has 1 nitrogen and oxygen atoms in total. The van der Waals surface area contributed by atoms with E-state index < -0.39 is 0 Å². The smallest absolute Gasteiger partial charge is 0.00187 e. The summed E-state index contributed by atoms with van der Waals surface area (Å²) in [5.41, 5.74) is 0. The summed E-state index contributed by atoms with van der Waals surface area (Å²) >= 11 is 0. The molecule has 92 valence electrons. The molecular formula is C14H31N. The van der Waals surface area contributed by atoms with Crippen LogP contribution in [0.15, 0.2) is 0 Å². The molecule has 1 aliphatic rings. The number of hydrogen-bond acceptors (Lipinski definition) is 1. The summed E-state index contributed by atoms with van der Waals surface area (Å²) in [6, 6.07) is 0. The van der Waals surface area contributed by atoms with E-state index in [4.69, 9.17) is 0 Å². The van der Waals surface area contributed by atoms with Gasteiger partial charge < -0.3 is 4.90 Å². The van der Waals surface area contributed by atoms with Crippen LogP contribution in [0.3, 0.4) is 0 Å². The van der Waals surface area contributed by atoms with Crippen molar-refractivity contribution < 1.29 is 0 Å². The summed E-state index contributed by atoms with van der Waals surface area (Å²) in [7, 11) is 0. The highest BCUT2D eigenvalue weighted by Gasteiger charge is 2.07. The van der Waals surface area contributed by atoms with Crippen molar-refractivity contribution in [3.05, 3.63) is 0 Å². The molecule has 0 spiro atoms. The van der Waals surface area contributed by atoms with Crippen molar-refractivity contribution in [2.24, 2.45) is 0 Å². The van der Waals surface area contributed by atoms with Gasteiger partial charge in [-0.3, -0.25) is 0 Å². The third-order valence-electron chi connectivity index (χ3n) is 2.78. The Morgan fingerprint density at radius 3 is 1.80 bits per heavy atom. The van der Waals surface area contributed by atoms with Crippen molar-refractivity contribution in [2.45, 2.75) is 72.1 Å². The molecule has 15 heavy (non-hydrogen) atoms. The van der Waals surface area contributed by atoms with Gasteiger partial charge in [-0.15, -0.1) is 0 Å². The molecular weight excluding hydrogens is 182 g/mol. The van der Waals surface area contributed by atoms with Crippen LogP contribution in [0.1, 0.15) is 72.1 Å². The molecule has 0 radical (unpaired) electrons. The van der Waals surface area contributed by atoms with E-state index in [-0.39, 0.29) is 0 Å². The van der Waals surface area contributed by atoms with Gasteiger partial charge in [-0.1, -0.05) is 52.9 Å². The normalized spacial score (nSPS) is 17.8. The largest absolute Gasteiger partial charge is 0.303 e. The van der Waals surface area contributed by atoms with Gasteiger partial charge in [0.05, 0.1) is 0 Å². The van der Waals surface area contributed by atoms with Crippen LogP contribution in [0, 0.1) is 0 Å². The van der Waals surface area contributed by atoms with E-state index in [1.54, 1.807) is 0 Å². The van der Waals surface area contributed by atoms with Crippen molar-refractivity contribution >= 4 is 0 Å². The van der Waals surface area contributed by atoms with Crippen molar-refractivity contribution in [2.75, 3.05) is 19.6 Å². The molecule has 1 aliphatic heterocycles. The van der Waals surface area contributed by atoms with Crippen molar-refractivity contribution in [3.8, 4) is 0 Å². The number of rotatable bonds is 4. The minimum absolute atomic E-state index is 1.25. The maximum atomic E-state index is 2.66. The maximum absolute atomic E-state index is 2.66. The van der Waals surface area contributed by atoms with Gasteiger partial charge in [-0.2, -0.15) is 0 Å². The second kappa shape index (κ2) is 12.0. The molecule has 0 aliphatic carbocycles. The highest BCUT2D eigenvalue weighted by atomic mass is 15.1. The zero-order valence-corrected chi connectivity index (χ0v) is 11.2. The lowest BCUT2D eigenvalue weighted by molar-refractivity contribution is 0.278. The lowest BCUT2D eigenvalue weighted by Gasteiger charge is -2.18. The van der Waals surface area contributed by atoms with Crippen LogP contribution in [0.25, 0.3) is 0 Å². The molecule has 0 bridgehead atoms. The van der Waals surface area contributed by atoms with Crippen molar-refractivity contribution in [1.29, 1.82) is 0 Å². The lowest BCUT2D eigenvalue weighted by atomic mass is 10.2. The molecule has 0 atom stereocenters. The summed E-state index contributed by atoms with van der Waals surface area (Å²) in [5, 5.41) is 0. The molecule has 1 heteroatoms. The van der Waals surface area contributed by atoms with Crippen LogP contribution in [-0.2, 0) is 0 Å². The molecule has 1 heterocycles. The zero-order chi connectivity index (χ0) is 11.4. The van der Waals surface area contributed by atoms with Gasteiger partial charge >= 0.3 is 0 Å². The first kappa shape index (κ1) is 15.0. The average Bonchev–Trinajstić information content (AvgIpc) is 2.48. The van der Waals surface area contributed by atoms with E-state index in [0.717, 1.165) is 0 Å². The Balaban J connectivity index is 0.000000583. The third kappa shape index (κ3) is 10.2. The fourth-order valence-corrected chi connectivity index (χ4v) is 1.95. The Morgan fingerprint density at radius 1 is 0.800 bits per heavy atom. The molecule has 0 N–H and O–H groups in total. The minimum atomic E-state index is 1.25. The molecule has 1 rings (SSSR count). The molecule has 0 aromatic rings. The predicted octanol–water partition coefficient (Wildman–Crippen LogP) is 4.47. The van der Waals surface area contributed by atoms with Crippen LogP contribution in [0.2, 0.25) is 0 Å². The SMILES string of the molecule is CCC.CCCCCN1CCCCCC1. The van der Waals surface area contributed by atoms with Crippen LogP contribution in [0.5, 0.6) is 0 Å². The molecule has 0 aromatic heterocycles. The predicted molar refractivity (Wildman–Crippen MR) is 70.4 cm³/mol. The Morgan fingerprint density at radius 2 is 1.33 bits per heavy atom. The van der Waals surface area contributed by atoms with Crippen LogP contribution < -0.4 is 0 Å². The van der Waals surface area contributed by atoms with Gasteiger partial charge in [-0.05, 0) is 38.9 Å². The van der Waals surface area contributed by atoms with Crippen molar-refractivity contribution in [3.63, 3.8) is 0 Å². The number of unbranched alkanes of at least 4 members (excludes halogenated alkanes) is 2. The third-order valence-corrected chi connectivity index (χ3v) is 2.78. The van der Waals surface area contributed by atoms with Crippen LogP contribution in [0.4, 0.5) is 0 Å². The van der Waals surface area contributed by atoms with E-state index in [2.05, 4.69) is 25.7 Å². The summed E-state index contributed by atoms with van der Waals surface area (Å²) in [5.74, 6) is 0. The summed E-state index contributed by atoms with van der Waals surface area (Å²) in [4.78, 5) is 2.66. The van der Waals surface area contributed by atoms with E-state index in [0.29, 0.717) is 0 Å². The zero-order valence-electron chi connectivity index (χ0n) is 11.2. The van der Waals surface area contributed by atoms with Gasteiger partial charge in [0.25, 0.3) is 0 Å². The Kier molecular flexibility index (Phi) is 12.0. The average molecular weight is 213 g/mol. The fraction of sp³-hybridized carbons (Fsp3) is 1.00. The van der Waals surface area contributed by atoms with E-state index >= 15 is 0 Å². The summed E-state index contributed by atoms with van der Waals surface area (Å²) < 4.78 is 0. The lowest BCUT2D eigenvalue weighted by Crippen LogP contribution is -2.25. The standard InChI is InChI=1S/C11H23N.C3H8/c1-2-3-6-9-12-10-7-4-5-8-11-12;1-3-2/h2-11H2,1H3;3H2,1-2H3. The van der Waals surface area contributed by atoms with E-state index in [1.165, 1.54) is 71.0 Å². The van der Waals surface area contributed by atoms with E-state index in [1.807, 2.05) is 0 Å². The Hall–Kier alpha value is -0.0400. The Bertz CT molecular complexity index is 104. The van der Waals surface area contributed by atoms with Gasteiger partial charge in [0.1, 0.15) is 0 Å². The van der Waals surface area contributed by atoms with Crippen LogP contribution >= 0.6 is 0 Å². The quantitative estimate of drug-likeness (QED) is 0.623. The second-order valence-corrected chi connectivity index (χ2v) is 4.67. The van der Waals surface area contributed by atoms with Crippen LogP contribution in [-0.4, -0.2) is 24.5 Å². The van der Waals surface area contributed by atoms with Gasteiger partial charge in [0, 0.05) is 0 Å². The monoisotopic (exact) mass is 213 g/mol. The van der Waals surface area contributed by atoms with E-state index in [9.17, 15) is 0 Å². The molecule has 0 amide bonds. The first-order valence-corrected chi connectivity index (χ1v) is 7.07. The van der Waals surface area contributed by atoms with Gasteiger partial charge in [0.2, 0.25) is 0 Å². The van der Waals surface area contributed by atoms with Gasteiger partial charge in [-0.25, -0.2) is 0 Å². The first-order valence-electron chi connectivity index (χ1n) is 7.07. The second-order valence-electron chi connectivity index (χ2n) is 4.67. The minimum Gasteiger partial charge on any atom is -0.303 e. The Labute approximate surface area is 97.2 Å². The maximum Gasteiger partial charge on any atom is -0.00187 e. The van der Waals surface area contributed by atoms with Gasteiger partial charge in [0.15, 0.2) is 0 Å². The molecule has 1 fully saturated rings. The number of nitrogens with zero attached hydrogens (tertiary/aromatic N) is 1. The fourth-order valence-electron chi connectivity index (χ4n) is 1.95. The topological polar surface area (TPSA) is 3.24 Å². The molecule has 0 saturated carbocycles. The summed E-state index contributed by atoms with van der Waals surface area (Å²) in [6.07, 6.45) is 11.2. The number of hydrogen-bond donors (Lipinski definition) is 0. The molecule has 0 unspecified atom stereocenters. The first-order chi connectivity index (χ1) is 7.35. The number of likely N-dealkylation sites (tertiary alicyclic amines) is 1. The highest BCUT2D eigenvalue weighted by Crippen LogP contribution is 2.10. The molecule has 0 aromatic carbocycles. The van der Waals surface area contributed by atoms with Crippen molar-refractivity contribution in [1.82, 2.24) is 4.90 Å². The molecule has 1 saturated heterocycles.